The maximum Gasteiger partial charge on any atom is 0.262 e. The number of aromatic nitrogens is 2. The molecule has 0 spiro atoms. The number of hydrogen-bond donors (Lipinski definition) is 1. The summed E-state index contributed by atoms with van der Waals surface area (Å²) in [5.41, 5.74) is 1.46. The zero-order valence-corrected chi connectivity index (χ0v) is 16.0. The van der Waals surface area contributed by atoms with Crippen molar-refractivity contribution in [3.05, 3.63) is 59.5 Å². The smallest absolute Gasteiger partial charge is 0.262 e. The summed E-state index contributed by atoms with van der Waals surface area (Å²) in [6, 6.07) is 6.61. The van der Waals surface area contributed by atoms with Gasteiger partial charge in [0.05, 0.1) is 29.0 Å². The summed E-state index contributed by atoms with van der Waals surface area (Å²) in [5.74, 6) is -0.600. The summed E-state index contributed by atoms with van der Waals surface area (Å²) < 4.78 is 20.6. The number of benzene rings is 1. The Hall–Kier alpha value is -2.85. The first-order valence-electron chi connectivity index (χ1n) is 8.92. The lowest BCUT2D eigenvalue weighted by Crippen LogP contribution is -2.28. The molecule has 1 heterocycles. The van der Waals surface area contributed by atoms with Gasteiger partial charge in [0, 0.05) is 24.0 Å². The minimum atomic E-state index is -0.603. The zero-order valence-electron chi connectivity index (χ0n) is 15.2. The molecule has 1 saturated carbocycles. The van der Waals surface area contributed by atoms with E-state index in [9.17, 15) is 9.18 Å². The maximum absolute atomic E-state index is 13.3. The molecule has 2 aromatic rings. The molecule has 0 atom stereocenters. The number of amides is 1. The van der Waals surface area contributed by atoms with Gasteiger partial charge in [-0.25, -0.2) is 9.37 Å². The number of imidazole rings is 1. The first kappa shape index (κ1) is 19.9. The minimum absolute atomic E-state index is 0.00480. The highest BCUT2D eigenvalue weighted by molar-refractivity contribution is 6.30. The van der Waals surface area contributed by atoms with E-state index < -0.39 is 5.82 Å². The van der Waals surface area contributed by atoms with Crippen molar-refractivity contribution in [1.29, 1.82) is 5.26 Å². The molecule has 1 fully saturated rings. The molecule has 0 saturated heterocycles. The Kier molecular flexibility index (Phi) is 6.32. The van der Waals surface area contributed by atoms with Gasteiger partial charge < -0.3 is 14.6 Å². The number of carbonyl (C=O) groups is 1. The summed E-state index contributed by atoms with van der Waals surface area (Å²) in [5, 5.41) is 11.5. The molecule has 3 rings (SSSR count). The summed E-state index contributed by atoms with van der Waals surface area (Å²) >= 11 is 5.60. The first-order valence-corrected chi connectivity index (χ1v) is 9.30. The molecular weight excluding hydrogens is 383 g/mol. The maximum atomic E-state index is 13.3. The zero-order chi connectivity index (χ0) is 20.1. The van der Waals surface area contributed by atoms with Gasteiger partial charge >= 0.3 is 0 Å². The Morgan fingerprint density at radius 3 is 3.00 bits per heavy atom. The van der Waals surface area contributed by atoms with E-state index in [1.54, 1.807) is 6.33 Å². The molecule has 0 aliphatic heterocycles. The fourth-order valence-electron chi connectivity index (χ4n) is 2.94. The van der Waals surface area contributed by atoms with Crippen molar-refractivity contribution >= 4 is 17.5 Å². The van der Waals surface area contributed by atoms with E-state index in [4.69, 9.17) is 21.6 Å². The molecular formula is C20H20ClFN4O2. The third kappa shape index (κ3) is 5.11. The summed E-state index contributed by atoms with van der Waals surface area (Å²) in [6.07, 6.45) is 6.69. The number of rotatable bonds is 8. The summed E-state index contributed by atoms with van der Waals surface area (Å²) in [4.78, 5) is 16.3. The number of aryl methyl sites for hydroxylation is 1. The number of ether oxygens (including phenoxy) is 1. The van der Waals surface area contributed by atoms with Crippen LogP contribution < -0.4 is 10.1 Å². The molecule has 1 N–H and O–H groups in total. The van der Waals surface area contributed by atoms with Crippen molar-refractivity contribution in [1.82, 2.24) is 14.9 Å². The van der Waals surface area contributed by atoms with Crippen LogP contribution in [-0.4, -0.2) is 22.1 Å². The quantitative estimate of drug-likeness (QED) is 0.728. The van der Waals surface area contributed by atoms with E-state index in [0.717, 1.165) is 24.6 Å². The minimum Gasteiger partial charge on any atom is -0.484 e. The highest BCUT2D eigenvalue weighted by atomic mass is 35.5. The molecule has 0 radical (unpaired) electrons. The SMILES string of the molecule is C=C(CCc1cn([C@H]2C[C@@H](C#N)C2)cn1)NC(=O)COc1ccc(Cl)c(F)c1. The Morgan fingerprint density at radius 2 is 2.29 bits per heavy atom. The van der Waals surface area contributed by atoms with E-state index in [2.05, 4.69) is 22.9 Å². The van der Waals surface area contributed by atoms with Gasteiger partial charge in [-0.2, -0.15) is 5.26 Å². The van der Waals surface area contributed by atoms with E-state index >= 15 is 0 Å². The van der Waals surface area contributed by atoms with Crippen molar-refractivity contribution in [2.24, 2.45) is 5.92 Å². The Morgan fingerprint density at radius 1 is 1.50 bits per heavy atom. The molecule has 0 unspecified atom stereocenters. The predicted octanol–water partition coefficient (Wildman–Crippen LogP) is 3.79. The van der Waals surface area contributed by atoms with Gasteiger partial charge in [0.15, 0.2) is 6.61 Å². The molecule has 1 aliphatic carbocycles. The summed E-state index contributed by atoms with van der Waals surface area (Å²) in [7, 11) is 0. The highest BCUT2D eigenvalue weighted by Gasteiger charge is 2.30. The van der Waals surface area contributed by atoms with Crippen LogP contribution in [0.4, 0.5) is 4.39 Å². The average molecular weight is 403 g/mol. The molecule has 1 aromatic carbocycles. The molecule has 0 bridgehead atoms. The number of carbonyl (C=O) groups excluding carboxylic acids is 1. The molecule has 6 nitrogen and oxygen atoms in total. The molecule has 1 aliphatic rings. The van der Waals surface area contributed by atoms with E-state index in [-0.39, 0.29) is 29.2 Å². The number of allylic oxidation sites excluding steroid dienone is 1. The largest absolute Gasteiger partial charge is 0.484 e. The van der Waals surface area contributed by atoms with Gasteiger partial charge in [0.25, 0.3) is 5.91 Å². The number of hydrogen-bond acceptors (Lipinski definition) is 4. The summed E-state index contributed by atoms with van der Waals surface area (Å²) in [6.45, 7) is 3.59. The monoisotopic (exact) mass is 402 g/mol. The molecule has 1 amide bonds. The van der Waals surface area contributed by atoms with Crippen molar-refractivity contribution in [3.63, 3.8) is 0 Å². The molecule has 8 heteroatoms. The lowest BCUT2D eigenvalue weighted by atomic mass is 9.81. The molecule has 146 valence electrons. The van der Waals surface area contributed by atoms with Crippen LogP contribution in [0.3, 0.4) is 0 Å². The normalized spacial score (nSPS) is 18.0. The number of nitrogens with zero attached hydrogens (tertiary/aromatic N) is 3. The Bertz CT molecular complexity index is 915. The van der Waals surface area contributed by atoms with Gasteiger partial charge in [-0.15, -0.1) is 0 Å². The molecule has 1 aromatic heterocycles. The standard InChI is InChI=1S/C20H20ClFN4O2/c1-13(25-20(27)11-28-17-4-5-18(21)19(22)8-17)2-3-15-10-26(12-24-15)16-6-14(7-16)9-23/h4-5,8,10,12,14,16H,1-3,6-7,11H2,(H,25,27)/t14-,16+. The predicted molar refractivity (Wildman–Crippen MR) is 102 cm³/mol. The fraction of sp³-hybridized carbons (Fsp3) is 0.350. The van der Waals surface area contributed by atoms with Crippen LogP contribution in [0.1, 0.15) is 31.0 Å². The van der Waals surface area contributed by atoms with Crippen molar-refractivity contribution in [3.8, 4) is 11.8 Å². The first-order chi connectivity index (χ1) is 13.4. The lowest BCUT2D eigenvalue weighted by Gasteiger charge is -2.31. The third-order valence-corrected chi connectivity index (χ3v) is 4.94. The van der Waals surface area contributed by atoms with Crippen LogP contribution in [0.15, 0.2) is 43.0 Å². The number of nitriles is 1. The van der Waals surface area contributed by atoms with E-state index in [1.165, 1.54) is 12.1 Å². The average Bonchev–Trinajstić information content (AvgIpc) is 3.09. The van der Waals surface area contributed by atoms with Crippen LogP contribution in [0.25, 0.3) is 0 Å². The fourth-order valence-corrected chi connectivity index (χ4v) is 3.05. The van der Waals surface area contributed by atoms with Gasteiger partial charge in [0.1, 0.15) is 11.6 Å². The van der Waals surface area contributed by atoms with Crippen molar-refractivity contribution < 1.29 is 13.9 Å². The van der Waals surface area contributed by atoms with Crippen LogP contribution in [-0.2, 0) is 11.2 Å². The van der Waals surface area contributed by atoms with E-state index in [0.29, 0.717) is 24.6 Å². The second-order valence-corrected chi connectivity index (χ2v) is 7.19. The highest BCUT2D eigenvalue weighted by Crippen LogP contribution is 2.37. The van der Waals surface area contributed by atoms with Crippen LogP contribution in [0.5, 0.6) is 5.75 Å². The van der Waals surface area contributed by atoms with Crippen molar-refractivity contribution in [2.75, 3.05) is 6.61 Å². The van der Waals surface area contributed by atoms with Gasteiger partial charge in [-0.1, -0.05) is 18.2 Å². The van der Waals surface area contributed by atoms with Gasteiger partial charge in [-0.3, -0.25) is 4.79 Å². The van der Waals surface area contributed by atoms with Crippen LogP contribution in [0, 0.1) is 23.1 Å². The Balaban J connectivity index is 1.38. The van der Waals surface area contributed by atoms with Crippen molar-refractivity contribution in [2.45, 2.75) is 31.7 Å². The lowest BCUT2D eigenvalue weighted by molar-refractivity contribution is -0.122. The number of halogens is 2. The van der Waals surface area contributed by atoms with Gasteiger partial charge in [-0.05, 0) is 37.8 Å². The Labute approximate surface area is 167 Å². The van der Waals surface area contributed by atoms with Crippen LogP contribution >= 0.6 is 11.6 Å². The second kappa shape index (κ2) is 8.89. The molecule has 28 heavy (non-hydrogen) atoms. The van der Waals surface area contributed by atoms with Gasteiger partial charge in [0.2, 0.25) is 0 Å². The number of nitrogens with one attached hydrogen (secondary N) is 1. The topological polar surface area (TPSA) is 79.9 Å². The van der Waals surface area contributed by atoms with E-state index in [1.807, 2.05) is 10.8 Å². The van der Waals surface area contributed by atoms with Crippen LogP contribution in [0.2, 0.25) is 5.02 Å². The third-order valence-electron chi connectivity index (χ3n) is 4.63. The second-order valence-electron chi connectivity index (χ2n) is 6.78.